The standard InChI is InChI=1S/C19H20FN3O3/c1-14-11-17(20)18(23(25)26)12-16(14)19(24)22-9-7-21(8-10-22)13-15-5-3-2-4-6-15/h2-6,11-12H,7-10,13H2,1H3. The maximum Gasteiger partial charge on any atom is 0.305 e. The molecule has 0 aromatic heterocycles. The number of amides is 1. The molecule has 0 aliphatic carbocycles. The van der Waals surface area contributed by atoms with Crippen molar-refractivity contribution in [3.8, 4) is 0 Å². The number of carbonyl (C=O) groups excluding carboxylic acids is 1. The molecule has 0 saturated carbocycles. The van der Waals surface area contributed by atoms with Gasteiger partial charge in [-0.25, -0.2) is 0 Å². The molecule has 1 fully saturated rings. The second-order valence-corrected chi connectivity index (χ2v) is 6.43. The van der Waals surface area contributed by atoms with E-state index in [0.29, 0.717) is 18.7 Å². The normalized spacial score (nSPS) is 15.1. The first-order valence-corrected chi connectivity index (χ1v) is 8.46. The molecule has 0 bridgehead atoms. The van der Waals surface area contributed by atoms with Crippen LogP contribution in [0, 0.1) is 22.9 Å². The number of carbonyl (C=O) groups is 1. The topological polar surface area (TPSA) is 66.7 Å². The van der Waals surface area contributed by atoms with Gasteiger partial charge in [-0.05, 0) is 24.1 Å². The smallest absolute Gasteiger partial charge is 0.305 e. The quantitative estimate of drug-likeness (QED) is 0.623. The molecule has 1 amide bonds. The van der Waals surface area contributed by atoms with Crippen LogP contribution in [-0.4, -0.2) is 46.8 Å². The molecular formula is C19H20FN3O3. The van der Waals surface area contributed by atoms with Gasteiger partial charge in [-0.3, -0.25) is 19.8 Å². The Labute approximate surface area is 151 Å². The van der Waals surface area contributed by atoms with Crippen molar-refractivity contribution >= 4 is 11.6 Å². The van der Waals surface area contributed by atoms with E-state index in [9.17, 15) is 19.3 Å². The number of nitro benzene ring substituents is 1. The van der Waals surface area contributed by atoms with Gasteiger partial charge in [-0.1, -0.05) is 30.3 Å². The van der Waals surface area contributed by atoms with Gasteiger partial charge in [0.15, 0.2) is 0 Å². The van der Waals surface area contributed by atoms with Crippen LogP contribution < -0.4 is 0 Å². The molecule has 1 saturated heterocycles. The third kappa shape index (κ3) is 3.88. The van der Waals surface area contributed by atoms with Crippen LogP contribution in [0.5, 0.6) is 0 Å². The Kier molecular flexibility index (Phi) is 5.27. The number of hydrogen-bond donors (Lipinski definition) is 0. The van der Waals surface area contributed by atoms with Gasteiger partial charge in [0.1, 0.15) is 0 Å². The third-order valence-corrected chi connectivity index (χ3v) is 4.63. The monoisotopic (exact) mass is 357 g/mol. The van der Waals surface area contributed by atoms with Crippen molar-refractivity contribution in [3.63, 3.8) is 0 Å². The fraction of sp³-hybridized carbons (Fsp3) is 0.316. The van der Waals surface area contributed by atoms with Crippen molar-refractivity contribution < 1.29 is 14.1 Å². The number of piperazine rings is 1. The zero-order valence-corrected chi connectivity index (χ0v) is 14.5. The van der Waals surface area contributed by atoms with Gasteiger partial charge in [-0.15, -0.1) is 0 Å². The Morgan fingerprint density at radius 2 is 1.81 bits per heavy atom. The predicted octanol–water partition coefficient (Wildman–Crippen LogP) is 3.00. The van der Waals surface area contributed by atoms with Crippen LogP contribution in [0.1, 0.15) is 21.5 Å². The van der Waals surface area contributed by atoms with E-state index in [1.54, 1.807) is 11.8 Å². The minimum Gasteiger partial charge on any atom is -0.336 e. The zero-order valence-electron chi connectivity index (χ0n) is 14.5. The van der Waals surface area contributed by atoms with Crippen LogP contribution in [0.25, 0.3) is 0 Å². The van der Waals surface area contributed by atoms with Crippen LogP contribution in [0.15, 0.2) is 42.5 Å². The Bertz CT molecular complexity index is 818. The van der Waals surface area contributed by atoms with E-state index in [4.69, 9.17) is 0 Å². The van der Waals surface area contributed by atoms with Gasteiger partial charge in [0.25, 0.3) is 5.91 Å². The van der Waals surface area contributed by atoms with Gasteiger partial charge in [0.2, 0.25) is 5.82 Å². The van der Waals surface area contributed by atoms with Crippen molar-refractivity contribution in [1.82, 2.24) is 9.80 Å². The maximum absolute atomic E-state index is 13.7. The van der Waals surface area contributed by atoms with E-state index in [1.807, 2.05) is 18.2 Å². The van der Waals surface area contributed by atoms with E-state index in [1.165, 1.54) is 5.56 Å². The molecule has 0 atom stereocenters. The van der Waals surface area contributed by atoms with E-state index < -0.39 is 16.4 Å². The summed E-state index contributed by atoms with van der Waals surface area (Å²) >= 11 is 0. The zero-order chi connectivity index (χ0) is 18.7. The molecule has 26 heavy (non-hydrogen) atoms. The molecule has 6 nitrogen and oxygen atoms in total. The molecule has 1 aliphatic heterocycles. The number of halogens is 1. The van der Waals surface area contributed by atoms with Crippen molar-refractivity contribution in [2.45, 2.75) is 13.5 Å². The molecule has 0 spiro atoms. The van der Waals surface area contributed by atoms with Crippen LogP contribution >= 0.6 is 0 Å². The predicted molar refractivity (Wildman–Crippen MR) is 95.4 cm³/mol. The van der Waals surface area contributed by atoms with E-state index in [0.717, 1.165) is 31.8 Å². The average molecular weight is 357 g/mol. The highest BCUT2D eigenvalue weighted by Crippen LogP contribution is 2.23. The second kappa shape index (κ2) is 7.61. The van der Waals surface area contributed by atoms with Crippen LogP contribution in [0.2, 0.25) is 0 Å². The minimum absolute atomic E-state index is 0.189. The second-order valence-electron chi connectivity index (χ2n) is 6.43. The minimum atomic E-state index is -0.920. The summed E-state index contributed by atoms with van der Waals surface area (Å²) in [6.45, 7) is 4.94. The van der Waals surface area contributed by atoms with E-state index in [-0.39, 0.29) is 11.5 Å². The molecule has 1 heterocycles. The summed E-state index contributed by atoms with van der Waals surface area (Å²) in [6.07, 6.45) is 0. The van der Waals surface area contributed by atoms with Gasteiger partial charge >= 0.3 is 5.69 Å². The number of nitro groups is 1. The van der Waals surface area contributed by atoms with Crippen molar-refractivity contribution in [2.75, 3.05) is 26.2 Å². The number of nitrogens with zero attached hydrogens (tertiary/aromatic N) is 3. The largest absolute Gasteiger partial charge is 0.336 e. The Balaban J connectivity index is 1.67. The van der Waals surface area contributed by atoms with Gasteiger partial charge in [0.05, 0.1) is 4.92 Å². The first-order valence-electron chi connectivity index (χ1n) is 8.46. The number of rotatable bonds is 4. The molecule has 2 aromatic carbocycles. The number of hydrogen-bond acceptors (Lipinski definition) is 4. The molecule has 7 heteroatoms. The van der Waals surface area contributed by atoms with Crippen LogP contribution in [0.4, 0.5) is 10.1 Å². The first-order chi connectivity index (χ1) is 12.5. The lowest BCUT2D eigenvalue weighted by atomic mass is 10.1. The van der Waals surface area contributed by atoms with Crippen molar-refractivity contribution in [3.05, 3.63) is 75.1 Å². The fourth-order valence-electron chi connectivity index (χ4n) is 3.15. The lowest BCUT2D eigenvalue weighted by Gasteiger charge is -2.35. The number of benzene rings is 2. The van der Waals surface area contributed by atoms with E-state index >= 15 is 0 Å². The summed E-state index contributed by atoms with van der Waals surface area (Å²) in [5, 5.41) is 10.9. The summed E-state index contributed by atoms with van der Waals surface area (Å²) < 4.78 is 13.7. The van der Waals surface area contributed by atoms with Gasteiger partial charge in [-0.2, -0.15) is 4.39 Å². The first kappa shape index (κ1) is 18.0. The molecule has 136 valence electrons. The van der Waals surface area contributed by atoms with Gasteiger partial charge < -0.3 is 4.90 Å². The fourth-order valence-corrected chi connectivity index (χ4v) is 3.15. The maximum atomic E-state index is 13.7. The molecule has 2 aromatic rings. The Morgan fingerprint density at radius 3 is 2.42 bits per heavy atom. The Hall–Kier alpha value is -2.80. The summed E-state index contributed by atoms with van der Waals surface area (Å²) in [7, 11) is 0. The van der Waals surface area contributed by atoms with Gasteiger partial charge in [0, 0.05) is 44.4 Å². The SMILES string of the molecule is Cc1cc(F)c([N+](=O)[O-])cc1C(=O)N1CCN(Cc2ccccc2)CC1. The highest BCUT2D eigenvalue weighted by Gasteiger charge is 2.26. The summed E-state index contributed by atoms with van der Waals surface area (Å²) in [4.78, 5) is 26.8. The summed E-state index contributed by atoms with van der Waals surface area (Å²) in [6, 6.07) is 12.2. The summed E-state index contributed by atoms with van der Waals surface area (Å²) in [5.74, 6) is -1.21. The van der Waals surface area contributed by atoms with Crippen molar-refractivity contribution in [2.24, 2.45) is 0 Å². The molecule has 0 radical (unpaired) electrons. The molecule has 1 aliphatic rings. The molecule has 0 unspecified atom stereocenters. The molecule has 0 N–H and O–H groups in total. The lowest BCUT2D eigenvalue weighted by molar-refractivity contribution is -0.387. The van der Waals surface area contributed by atoms with Crippen molar-refractivity contribution in [1.29, 1.82) is 0 Å². The average Bonchev–Trinajstić information content (AvgIpc) is 2.62. The summed E-state index contributed by atoms with van der Waals surface area (Å²) in [5.41, 5.74) is 1.15. The highest BCUT2D eigenvalue weighted by molar-refractivity contribution is 5.96. The van der Waals surface area contributed by atoms with Crippen LogP contribution in [0.3, 0.4) is 0 Å². The van der Waals surface area contributed by atoms with Crippen LogP contribution in [-0.2, 0) is 6.54 Å². The van der Waals surface area contributed by atoms with E-state index in [2.05, 4.69) is 17.0 Å². The number of aryl methyl sites for hydroxylation is 1. The molecule has 3 rings (SSSR count). The molecular weight excluding hydrogens is 337 g/mol. The lowest BCUT2D eigenvalue weighted by Crippen LogP contribution is -2.48. The Morgan fingerprint density at radius 1 is 1.15 bits per heavy atom. The highest BCUT2D eigenvalue weighted by atomic mass is 19.1. The third-order valence-electron chi connectivity index (χ3n) is 4.63.